The molecular weight excluding hydrogens is 483 g/mol. The number of hydrogen-bond acceptors (Lipinski definition) is 2. The smallest absolute Gasteiger partial charge is 0.115 e. The molecule has 0 saturated heterocycles. The number of rotatable bonds is 3. The van der Waals surface area contributed by atoms with Gasteiger partial charge in [-0.2, -0.15) is 0 Å². The van der Waals surface area contributed by atoms with Crippen LogP contribution in [0.25, 0.3) is 32.7 Å². The van der Waals surface area contributed by atoms with Crippen molar-refractivity contribution in [3.05, 3.63) is 108 Å². The van der Waals surface area contributed by atoms with E-state index in [9.17, 15) is 10.2 Å². The molecule has 0 saturated carbocycles. The lowest BCUT2D eigenvalue weighted by molar-refractivity contribution is 0.474. The zero-order valence-corrected chi connectivity index (χ0v) is 18.2. The first-order valence-electron chi connectivity index (χ1n) is 9.79. The second kappa shape index (κ2) is 7.65. The highest BCUT2D eigenvalue weighted by Crippen LogP contribution is 2.45. The summed E-state index contributed by atoms with van der Waals surface area (Å²) in [5.41, 5.74) is 4.69. The molecule has 0 bridgehead atoms. The molecule has 0 amide bonds. The molecule has 0 aliphatic carbocycles. The van der Waals surface area contributed by atoms with E-state index in [1.165, 1.54) is 32.7 Å². The van der Waals surface area contributed by atoms with Gasteiger partial charge in [-0.25, -0.2) is 0 Å². The number of halogens is 1. The van der Waals surface area contributed by atoms with E-state index in [1.54, 1.807) is 24.3 Å². The molecule has 5 aromatic carbocycles. The van der Waals surface area contributed by atoms with E-state index in [0.29, 0.717) is 0 Å². The van der Waals surface area contributed by atoms with Gasteiger partial charge in [0.15, 0.2) is 0 Å². The van der Waals surface area contributed by atoms with Gasteiger partial charge in [-0.3, -0.25) is 0 Å². The maximum Gasteiger partial charge on any atom is 0.115 e. The summed E-state index contributed by atoms with van der Waals surface area (Å²) in [7, 11) is 0. The fourth-order valence-corrected chi connectivity index (χ4v) is 5.27. The van der Waals surface area contributed by atoms with Crippen LogP contribution in [-0.2, 0) is 0 Å². The molecule has 1 unspecified atom stereocenters. The van der Waals surface area contributed by atoms with Crippen LogP contribution in [-0.4, -0.2) is 10.2 Å². The van der Waals surface area contributed by atoms with Crippen LogP contribution in [0.1, 0.15) is 15.1 Å². The van der Waals surface area contributed by atoms with E-state index in [1.807, 2.05) is 24.3 Å². The second-order valence-corrected chi connectivity index (χ2v) is 8.63. The Morgan fingerprint density at radius 2 is 0.967 bits per heavy atom. The molecule has 1 atom stereocenters. The lowest BCUT2D eigenvalue weighted by Crippen LogP contribution is -1.98. The first kappa shape index (κ1) is 18.9. The van der Waals surface area contributed by atoms with E-state index >= 15 is 0 Å². The Labute approximate surface area is 188 Å². The Morgan fingerprint density at radius 1 is 0.533 bits per heavy atom. The monoisotopic (exact) mass is 502 g/mol. The zero-order chi connectivity index (χ0) is 20.7. The summed E-state index contributed by atoms with van der Waals surface area (Å²) in [5, 5.41) is 24.3. The van der Waals surface area contributed by atoms with Crippen molar-refractivity contribution in [1.82, 2.24) is 0 Å². The molecule has 30 heavy (non-hydrogen) atoms. The molecular formula is C27H19IO2. The standard InChI is InChI=1S/C27H19IO2/c28-27(18-11-15-20(30)16-12-18)26-23-7-3-1-5-21(23)25(17-9-13-19(29)14-10-17)22-6-2-4-8-24(22)26/h1-16,27,29-30H. The molecule has 5 rings (SSSR count). The van der Waals surface area contributed by atoms with Crippen molar-refractivity contribution in [2.24, 2.45) is 0 Å². The van der Waals surface area contributed by atoms with E-state index in [-0.39, 0.29) is 15.4 Å². The zero-order valence-electron chi connectivity index (χ0n) is 16.1. The Kier molecular flexibility index (Phi) is 4.83. The SMILES string of the molecule is Oc1ccc(-c2c3ccccc3c(C(I)c3ccc(O)cc3)c3ccccc23)cc1. The predicted octanol–water partition coefficient (Wildman–Crippen LogP) is 7.60. The number of benzene rings is 5. The number of alkyl halides is 1. The van der Waals surface area contributed by atoms with Crippen LogP contribution in [0.5, 0.6) is 11.5 Å². The van der Waals surface area contributed by atoms with Crippen molar-refractivity contribution in [3.63, 3.8) is 0 Å². The van der Waals surface area contributed by atoms with Gasteiger partial charge < -0.3 is 10.2 Å². The maximum atomic E-state index is 9.77. The lowest BCUT2D eigenvalue weighted by atomic mass is 9.86. The van der Waals surface area contributed by atoms with Gasteiger partial charge in [-0.15, -0.1) is 0 Å². The van der Waals surface area contributed by atoms with Crippen molar-refractivity contribution < 1.29 is 10.2 Å². The third-order valence-electron chi connectivity index (χ3n) is 5.57. The van der Waals surface area contributed by atoms with Crippen molar-refractivity contribution in [2.45, 2.75) is 3.92 Å². The Bertz CT molecular complexity index is 1300. The average Bonchev–Trinajstić information content (AvgIpc) is 2.78. The minimum absolute atomic E-state index is 0.131. The van der Waals surface area contributed by atoms with Gasteiger partial charge in [0, 0.05) is 0 Å². The van der Waals surface area contributed by atoms with Crippen LogP contribution in [0, 0.1) is 0 Å². The molecule has 0 spiro atoms. The largest absolute Gasteiger partial charge is 0.508 e. The first-order chi connectivity index (χ1) is 14.6. The number of phenolic OH excluding ortho intramolecular Hbond substituents is 2. The van der Waals surface area contributed by atoms with Gasteiger partial charge in [0.25, 0.3) is 0 Å². The van der Waals surface area contributed by atoms with Gasteiger partial charge in [0.1, 0.15) is 11.5 Å². The van der Waals surface area contributed by atoms with Crippen molar-refractivity contribution in [3.8, 4) is 22.6 Å². The highest BCUT2D eigenvalue weighted by Gasteiger charge is 2.20. The molecule has 0 radical (unpaired) electrons. The summed E-state index contributed by atoms with van der Waals surface area (Å²) in [6.45, 7) is 0. The molecule has 0 aliphatic rings. The molecule has 0 aliphatic heterocycles. The minimum Gasteiger partial charge on any atom is -0.508 e. The normalized spacial score (nSPS) is 12.3. The van der Waals surface area contributed by atoms with Crippen molar-refractivity contribution in [1.29, 1.82) is 0 Å². The lowest BCUT2D eigenvalue weighted by Gasteiger charge is -2.21. The van der Waals surface area contributed by atoms with Crippen molar-refractivity contribution >= 4 is 44.1 Å². The molecule has 2 nitrogen and oxygen atoms in total. The molecule has 0 aromatic heterocycles. The maximum absolute atomic E-state index is 9.77. The Morgan fingerprint density at radius 3 is 1.47 bits per heavy atom. The van der Waals surface area contributed by atoms with Gasteiger partial charge in [-0.05, 0) is 68.1 Å². The predicted molar refractivity (Wildman–Crippen MR) is 133 cm³/mol. The van der Waals surface area contributed by atoms with E-state index in [0.717, 1.165) is 11.1 Å². The molecule has 0 fully saturated rings. The highest BCUT2D eigenvalue weighted by atomic mass is 127. The van der Waals surface area contributed by atoms with Gasteiger partial charge in [-0.1, -0.05) is 95.4 Å². The van der Waals surface area contributed by atoms with E-state index in [2.05, 4.69) is 71.1 Å². The van der Waals surface area contributed by atoms with E-state index < -0.39 is 0 Å². The summed E-state index contributed by atoms with van der Waals surface area (Å²) < 4.78 is 0.131. The highest BCUT2D eigenvalue weighted by molar-refractivity contribution is 14.1. The number of fused-ring (bicyclic) bond motifs is 2. The molecule has 0 heterocycles. The van der Waals surface area contributed by atoms with Crippen LogP contribution in [0.3, 0.4) is 0 Å². The molecule has 146 valence electrons. The van der Waals surface area contributed by atoms with Crippen LogP contribution in [0.2, 0.25) is 0 Å². The topological polar surface area (TPSA) is 40.5 Å². The van der Waals surface area contributed by atoms with Gasteiger partial charge >= 0.3 is 0 Å². The fraction of sp³-hybridized carbons (Fsp3) is 0.0370. The molecule has 5 aromatic rings. The Balaban J connectivity index is 1.87. The third-order valence-corrected chi connectivity index (χ3v) is 6.91. The summed E-state index contributed by atoms with van der Waals surface area (Å²) in [6, 6.07) is 32.0. The average molecular weight is 502 g/mol. The summed E-state index contributed by atoms with van der Waals surface area (Å²) >= 11 is 2.50. The van der Waals surface area contributed by atoms with Gasteiger partial charge in [0.2, 0.25) is 0 Å². The van der Waals surface area contributed by atoms with Crippen LogP contribution < -0.4 is 0 Å². The Hall–Kier alpha value is -3.05. The van der Waals surface area contributed by atoms with Crippen molar-refractivity contribution in [2.75, 3.05) is 0 Å². The fourth-order valence-electron chi connectivity index (χ4n) is 4.18. The molecule has 3 heteroatoms. The van der Waals surface area contributed by atoms with E-state index in [4.69, 9.17) is 0 Å². The summed E-state index contributed by atoms with van der Waals surface area (Å²) in [6.07, 6.45) is 0. The number of aromatic hydroxyl groups is 2. The third kappa shape index (κ3) is 3.19. The van der Waals surface area contributed by atoms with Crippen LogP contribution in [0.4, 0.5) is 0 Å². The number of phenols is 2. The minimum atomic E-state index is 0.131. The summed E-state index contributed by atoms with van der Waals surface area (Å²) in [5.74, 6) is 0.545. The first-order valence-corrected chi connectivity index (χ1v) is 11.0. The van der Waals surface area contributed by atoms with Crippen LogP contribution in [0.15, 0.2) is 97.1 Å². The van der Waals surface area contributed by atoms with Gasteiger partial charge in [0.05, 0.1) is 3.92 Å². The number of hydrogen-bond donors (Lipinski definition) is 2. The summed E-state index contributed by atoms with van der Waals surface area (Å²) in [4.78, 5) is 0. The molecule has 2 N–H and O–H groups in total. The van der Waals surface area contributed by atoms with Crippen LogP contribution >= 0.6 is 22.6 Å². The second-order valence-electron chi connectivity index (χ2n) is 7.38. The quantitative estimate of drug-likeness (QED) is 0.152.